The van der Waals surface area contributed by atoms with Gasteiger partial charge in [-0.2, -0.15) is 0 Å². The highest BCUT2D eigenvalue weighted by atomic mass is 79.9. The lowest BCUT2D eigenvalue weighted by Gasteiger charge is -2.19. The van der Waals surface area contributed by atoms with Crippen LogP contribution in [0.4, 0.5) is 4.39 Å². The van der Waals surface area contributed by atoms with E-state index in [1.165, 1.54) is 6.07 Å². The van der Waals surface area contributed by atoms with Crippen molar-refractivity contribution in [1.82, 2.24) is 10.3 Å². The van der Waals surface area contributed by atoms with Crippen LogP contribution in [0.1, 0.15) is 17.2 Å². The summed E-state index contributed by atoms with van der Waals surface area (Å²) in [5.74, 6) is -0.249. The Morgan fingerprint density at radius 2 is 2.05 bits per heavy atom. The minimum Gasteiger partial charge on any atom is -0.309 e. The first-order valence-corrected chi connectivity index (χ1v) is 7.44. The van der Waals surface area contributed by atoms with Gasteiger partial charge in [0, 0.05) is 22.3 Å². The molecule has 3 rings (SSSR count). The second kappa shape index (κ2) is 5.92. The summed E-state index contributed by atoms with van der Waals surface area (Å²) >= 11 is 3.35. The predicted molar refractivity (Wildman–Crippen MR) is 86.7 cm³/mol. The molecule has 0 saturated heterocycles. The van der Waals surface area contributed by atoms with Crippen LogP contribution in [0.15, 0.2) is 59.3 Å². The molecule has 1 unspecified atom stereocenters. The topological polar surface area (TPSA) is 24.9 Å². The van der Waals surface area contributed by atoms with Crippen LogP contribution in [0.25, 0.3) is 10.8 Å². The number of nitrogens with zero attached hydrogens (tertiary/aromatic N) is 1. The number of benzene rings is 2. The molecule has 106 valence electrons. The van der Waals surface area contributed by atoms with E-state index in [4.69, 9.17) is 0 Å². The zero-order valence-electron chi connectivity index (χ0n) is 11.5. The smallest absolute Gasteiger partial charge is 0.124 e. The van der Waals surface area contributed by atoms with Gasteiger partial charge in [-0.05, 0) is 47.8 Å². The second-order valence-electron chi connectivity index (χ2n) is 4.87. The number of aromatic nitrogens is 1. The first-order valence-electron chi connectivity index (χ1n) is 6.65. The summed E-state index contributed by atoms with van der Waals surface area (Å²) in [7, 11) is 1.88. The predicted octanol–water partition coefficient (Wildman–Crippen LogP) is 4.45. The average molecular weight is 345 g/mol. The molecule has 0 spiro atoms. The van der Waals surface area contributed by atoms with Crippen molar-refractivity contribution in [3.8, 4) is 0 Å². The molecule has 0 radical (unpaired) electrons. The number of fused-ring (bicyclic) bond motifs is 1. The molecule has 1 N–H and O–H groups in total. The monoisotopic (exact) mass is 344 g/mol. The van der Waals surface area contributed by atoms with Crippen LogP contribution in [0, 0.1) is 5.82 Å². The molecule has 1 aromatic heterocycles. The van der Waals surface area contributed by atoms with Gasteiger partial charge in [-0.3, -0.25) is 4.98 Å². The average Bonchev–Trinajstić information content (AvgIpc) is 2.47. The quantitative estimate of drug-likeness (QED) is 0.759. The SMILES string of the molecule is CNC(c1cc(F)cc(Br)c1)c1cccc2cnccc12. The van der Waals surface area contributed by atoms with Gasteiger partial charge in [-0.15, -0.1) is 0 Å². The molecule has 2 aromatic carbocycles. The number of hydrogen-bond donors (Lipinski definition) is 1. The third-order valence-corrected chi connectivity index (χ3v) is 3.99. The Balaban J connectivity index is 2.18. The summed E-state index contributed by atoms with van der Waals surface area (Å²) in [6.45, 7) is 0. The summed E-state index contributed by atoms with van der Waals surface area (Å²) < 4.78 is 14.4. The van der Waals surface area contributed by atoms with Gasteiger partial charge in [0.05, 0.1) is 6.04 Å². The Morgan fingerprint density at radius 3 is 2.81 bits per heavy atom. The Hall–Kier alpha value is -1.78. The van der Waals surface area contributed by atoms with Crippen molar-refractivity contribution >= 4 is 26.7 Å². The van der Waals surface area contributed by atoms with Gasteiger partial charge in [0.25, 0.3) is 0 Å². The first-order chi connectivity index (χ1) is 10.2. The van der Waals surface area contributed by atoms with Crippen LogP contribution in [0.5, 0.6) is 0 Å². The maximum absolute atomic E-state index is 13.7. The van der Waals surface area contributed by atoms with Crippen LogP contribution in [-0.4, -0.2) is 12.0 Å². The lowest BCUT2D eigenvalue weighted by molar-refractivity contribution is 0.616. The lowest BCUT2D eigenvalue weighted by atomic mass is 9.94. The van der Waals surface area contributed by atoms with Gasteiger partial charge < -0.3 is 5.32 Å². The molecule has 1 heterocycles. The van der Waals surface area contributed by atoms with Crippen LogP contribution >= 0.6 is 15.9 Å². The van der Waals surface area contributed by atoms with Crippen molar-refractivity contribution in [3.05, 3.63) is 76.3 Å². The molecule has 1 atom stereocenters. The summed E-state index contributed by atoms with van der Waals surface area (Å²) in [5.41, 5.74) is 1.99. The maximum atomic E-state index is 13.7. The van der Waals surface area contributed by atoms with Crippen molar-refractivity contribution < 1.29 is 4.39 Å². The highest BCUT2D eigenvalue weighted by molar-refractivity contribution is 9.10. The highest BCUT2D eigenvalue weighted by Gasteiger charge is 2.16. The van der Waals surface area contributed by atoms with Crippen LogP contribution in [0.3, 0.4) is 0 Å². The van der Waals surface area contributed by atoms with Gasteiger partial charge in [0.2, 0.25) is 0 Å². The fourth-order valence-electron chi connectivity index (χ4n) is 2.64. The summed E-state index contributed by atoms with van der Waals surface area (Å²) in [6, 6.07) is 13.0. The lowest BCUT2D eigenvalue weighted by Crippen LogP contribution is -2.18. The third kappa shape index (κ3) is 2.82. The molecule has 0 amide bonds. The molecule has 3 aromatic rings. The standard InChI is InChI=1S/C17H14BrFN2/c1-20-17(12-7-13(18)9-14(19)8-12)16-4-2-3-11-10-21-6-5-15(11)16/h2-10,17,20H,1H3. The zero-order valence-corrected chi connectivity index (χ0v) is 13.1. The number of rotatable bonds is 3. The van der Waals surface area contributed by atoms with Crippen molar-refractivity contribution in [2.45, 2.75) is 6.04 Å². The Bertz CT molecular complexity index is 763. The molecular formula is C17H14BrFN2. The Labute approximate surface area is 131 Å². The Morgan fingerprint density at radius 1 is 1.19 bits per heavy atom. The second-order valence-corrected chi connectivity index (χ2v) is 5.78. The molecule has 2 nitrogen and oxygen atoms in total. The molecule has 4 heteroatoms. The molecular weight excluding hydrogens is 331 g/mol. The van der Waals surface area contributed by atoms with Crippen molar-refractivity contribution in [2.24, 2.45) is 0 Å². The van der Waals surface area contributed by atoms with E-state index in [-0.39, 0.29) is 11.9 Å². The number of hydrogen-bond acceptors (Lipinski definition) is 2. The summed E-state index contributed by atoms with van der Waals surface area (Å²) in [5, 5.41) is 5.47. The third-order valence-electron chi connectivity index (χ3n) is 3.53. The van der Waals surface area contributed by atoms with E-state index in [0.717, 1.165) is 26.4 Å². The Kier molecular flexibility index (Phi) is 3.99. The first kappa shape index (κ1) is 14.2. The van der Waals surface area contributed by atoms with E-state index >= 15 is 0 Å². The number of nitrogens with one attached hydrogen (secondary N) is 1. The largest absolute Gasteiger partial charge is 0.309 e. The molecule has 0 saturated carbocycles. The molecule has 0 aliphatic heterocycles. The van der Waals surface area contributed by atoms with Gasteiger partial charge in [0.1, 0.15) is 5.82 Å². The fraction of sp³-hybridized carbons (Fsp3) is 0.118. The minimum absolute atomic E-state index is 0.0805. The minimum atomic E-state index is -0.249. The van der Waals surface area contributed by atoms with E-state index in [2.05, 4.69) is 32.3 Å². The van der Waals surface area contributed by atoms with Gasteiger partial charge >= 0.3 is 0 Å². The van der Waals surface area contributed by atoms with E-state index < -0.39 is 0 Å². The van der Waals surface area contributed by atoms with Crippen LogP contribution in [-0.2, 0) is 0 Å². The molecule has 0 aliphatic carbocycles. The highest BCUT2D eigenvalue weighted by Crippen LogP contribution is 2.30. The van der Waals surface area contributed by atoms with Gasteiger partial charge in [-0.25, -0.2) is 4.39 Å². The number of halogens is 2. The van der Waals surface area contributed by atoms with E-state index in [9.17, 15) is 4.39 Å². The molecule has 0 bridgehead atoms. The summed E-state index contributed by atoms with van der Waals surface area (Å²) in [4.78, 5) is 4.15. The van der Waals surface area contributed by atoms with Crippen molar-refractivity contribution in [1.29, 1.82) is 0 Å². The molecule has 21 heavy (non-hydrogen) atoms. The van der Waals surface area contributed by atoms with Gasteiger partial charge in [0.15, 0.2) is 0 Å². The van der Waals surface area contributed by atoms with Crippen molar-refractivity contribution in [2.75, 3.05) is 7.05 Å². The van der Waals surface area contributed by atoms with Crippen molar-refractivity contribution in [3.63, 3.8) is 0 Å². The van der Waals surface area contributed by atoms with Crippen LogP contribution < -0.4 is 5.32 Å². The fourth-order valence-corrected chi connectivity index (χ4v) is 3.13. The normalized spacial score (nSPS) is 12.5. The maximum Gasteiger partial charge on any atom is 0.124 e. The molecule has 0 fully saturated rings. The molecule has 0 aliphatic rings. The van der Waals surface area contributed by atoms with E-state index in [1.54, 1.807) is 12.3 Å². The van der Waals surface area contributed by atoms with Gasteiger partial charge in [-0.1, -0.05) is 34.1 Å². The van der Waals surface area contributed by atoms with E-state index in [1.807, 2.05) is 37.5 Å². The number of pyridine rings is 1. The van der Waals surface area contributed by atoms with Crippen LogP contribution in [0.2, 0.25) is 0 Å². The summed E-state index contributed by atoms with van der Waals surface area (Å²) in [6.07, 6.45) is 3.62. The van der Waals surface area contributed by atoms with E-state index in [0.29, 0.717) is 0 Å². The zero-order chi connectivity index (χ0) is 14.8.